The average Bonchev–Trinajstić information content (AvgIpc) is 2.38. The molecule has 1 aromatic carbocycles. The Labute approximate surface area is 125 Å². The van der Waals surface area contributed by atoms with Crippen molar-refractivity contribution in [1.29, 1.82) is 0 Å². The lowest BCUT2D eigenvalue weighted by Crippen LogP contribution is -2.47. The molecule has 114 valence electrons. The van der Waals surface area contributed by atoms with Crippen molar-refractivity contribution in [3.63, 3.8) is 0 Å². The van der Waals surface area contributed by atoms with E-state index in [1.165, 1.54) is 11.1 Å². The molecular weight excluding hydrogens is 266 g/mol. The van der Waals surface area contributed by atoms with Crippen LogP contribution in [0, 0.1) is 18.8 Å². The smallest absolute Gasteiger partial charge is 0.307 e. The molecule has 0 aromatic heterocycles. The predicted octanol–water partition coefficient (Wildman–Crippen LogP) is 2.50. The van der Waals surface area contributed by atoms with Gasteiger partial charge in [-0.25, -0.2) is 0 Å². The van der Waals surface area contributed by atoms with Gasteiger partial charge < -0.3 is 10.0 Å². The number of carbonyl (C=O) groups excluding carboxylic acids is 1. The molecule has 0 aliphatic heterocycles. The molecule has 2 rings (SSSR count). The molecule has 4 nitrogen and oxygen atoms in total. The summed E-state index contributed by atoms with van der Waals surface area (Å²) in [4.78, 5) is 25.1. The molecule has 0 spiro atoms. The summed E-state index contributed by atoms with van der Waals surface area (Å²) in [5.41, 5.74) is 2.41. The van der Waals surface area contributed by atoms with Gasteiger partial charge in [0.1, 0.15) is 0 Å². The Hall–Kier alpha value is -1.84. The van der Waals surface area contributed by atoms with Crippen LogP contribution in [0.2, 0.25) is 0 Å². The second-order valence-corrected chi connectivity index (χ2v) is 6.12. The summed E-state index contributed by atoms with van der Waals surface area (Å²) in [7, 11) is 1.78. The largest absolute Gasteiger partial charge is 0.481 e. The molecule has 1 amide bonds. The molecular formula is C17H23NO3. The molecule has 0 heterocycles. The lowest BCUT2D eigenvalue weighted by molar-refractivity contribution is -0.156. The van der Waals surface area contributed by atoms with Gasteiger partial charge in [-0.05, 0) is 38.7 Å². The van der Waals surface area contributed by atoms with Gasteiger partial charge in [0, 0.05) is 13.1 Å². The Morgan fingerprint density at radius 2 is 1.81 bits per heavy atom. The van der Waals surface area contributed by atoms with Gasteiger partial charge in [-0.3, -0.25) is 9.59 Å². The molecule has 1 aliphatic rings. The van der Waals surface area contributed by atoms with Gasteiger partial charge in [-0.1, -0.05) is 29.8 Å². The minimum Gasteiger partial charge on any atom is -0.481 e. The SMILES string of the molecule is Cc1ccc(CC(C)N(C)C(=O)C2CCC2C(=O)O)cc1. The van der Waals surface area contributed by atoms with Crippen LogP contribution in [0.3, 0.4) is 0 Å². The first kappa shape index (κ1) is 15.5. The highest BCUT2D eigenvalue weighted by Crippen LogP contribution is 2.36. The lowest BCUT2D eigenvalue weighted by atomic mass is 9.73. The van der Waals surface area contributed by atoms with Crippen molar-refractivity contribution in [3.8, 4) is 0 Å². The number of amides is 1. The summed E-state index contributed by atoms with van der Waals surface area (Å²) in [5.74, 6) is -1.72. The molecule has 1 aliphatic carbocycles. The second kappa shape index (κ2) is 6.29. The number of likely N-dealkylation sites (N-methyl/N-ethyl adjacent to an activating group) is 1. The van der Waals surface area contributed by atoms with Crippen molar-refractivity contribution >= 4 is 11.9 Å². The van der Waals surface area contributed by atoms with Crippen LogP contribution in [0.25, 0.3) is 0 Å². The maximum Gasteiger partial charge on any atom is 0.307 e. The third-order valence-corrected chi connectivity index (χ3v) is 4.57. The molecule has 1 saturated carbocycles. The third-order valence-electron chi connectivity index (χ3n) is 4.57. The van der Waals surface area contributed by atoms with Crippen LogP contribution in [0.4, 0.5) is 0 Å². The number of aryl methyl sites for hydroxylation is 1. The quantitative estimate of drug-likeness (QED) is 0.906. The number of carboxylic acids is 1. The van der Waals surface area contributed by atoms with E-state index in [0.717, 1.165) is 6.42 Å². The minimum absolute atomic E-state index is 0.0340. The topological polar surface area (TPSA) is 57.6 Å². The van der Waals surface area contributed by atoms with Crippen LogP contribution >= 0.6 is 0 Å². The van der Waals surface area contributed by atoms with E-state index in [0.29, 0.717) is 12.8 Å². The third kappa shape index (κ3) is 3.43. The first-order chi connectivity index (χ1) is 9.90. The van der Waals surface area contributed by atoms with Gasteiger partial charge in [0.05, 0.1) is 11.8 Å². The number of nitrogens with zero attached hydrogens (tertiary/aromatic N) is 1. The first-order valence-electron chi connectivity index (χ1n) is 7.45. The highest BCUT2D eigenvalue weighted by atomic mass is 16.4. The molecule has 0 radical (unpaired) electrons. The van der Waals surface area contributed by atoms with Crippen LogP contribution in [-0.2, 0) is 16.0 Å². The van der Waals surface area contributed by atoms with Crippen molar-refractivity contribution in [2.24, 2.45) is 11.8 Å². The lowest BCUT2D eigenvalue weighted by Gasteiger charge is -2.37. The summed E-state index contributed by atoms with van der Waals surface area (Å²) < 4.78 is 0. The molecule has 4 heteroatoms. The van der Waals surface area contributed by atoms with Gasteiger partial charge in [-0.2, -0.15) is 0 Å². The summed E-state index contributed by atoms with van der Waals surface area (Å²) in [5, 5.41) is 9.06. The number of hydrogen-bond acceptors (Lipinski definition) is 2. The summed E-state index contributed by atoms with van der Waals surface area (Å²) >= 11 is 0. The first-order valence-corrected chi connectivity index (χ1v) is 7.45. The van der Waals surface area contributed by atoms with Crippen LogP contribution in [0.5, 0.6) is 0 Å². The fraction of sp³-hybridized carbons (Fsp3) is 0.529. The maximum absolute atomic E-state index is 12.4. The zero-order valence-corrected chi connectivity index (χ0v) is 12.9. The molecule has 1 aromatic rings. The van der Waals surface area contributed by atoms with E-state index >= 15 is 0 Å². The van der Waals surface area contributed by atoms with Gasteiger partial charge in [0.15, 0.2) is 0 Å². The van der Waals surface area contributed by atoms with E-state index < -0.39 is 11.9 Å². The van der Waals surface area contributed by atoms with Gasteiger partial charge >= 0.3 is 5.97 Å². The fourth-order valence-corrected chi connectivity index (χ4v) is 2.77. The second-order valence-electron chi connectivity index (χ2n) is 6.12. The molecule has 21 heavy (non-hydrogen) atoms. The van der Waals surface area contributed by atoms with Crippen LogP contribution in [0.15, 0.2) is 24.3 Å². The number of carbonyl (C=O) groups is 2. The Bertz CT molecular complexity index is 523. The highest BCUT2D eigenvalue weighted by molar-refractivity contribution is 5.86. The highest BCUT2D eigenvalue weighted by Gasteiger charge is 2.43. The van der Waals surface area contributed by atoms with Gasteiger partial charge in [0.25, 0.3) is 0 Å². The van der Waals surface area contributed by atoms with E-state index in [2.05, 4.69) is 24.3 Å². The van der Waals surface area contributed by atoms with Crippen molar-refractivity contribution in [1.82, 2.24) is 4.90 Å². The number of rotatable bonds is 5. The Kier molecular flexibility index (Phi) is 4.66. The molecule has 3 unspecified atom stereocenters. The predicted molar refractivity (Wildman–Crippen MR) is 81.0 cm³/mol. The van der Waals surface area contributed by atoms with E-state index in [1.807, 2.05) is 13.8 Å². The number of benzene rings is 1. The van der Waals surface area contributed by atoms with E-state index in [9.17, 15) is 9.59 Å². The summed E-state index contributed by atoms with van der Waals surface area (Å²) in [6.07, 6.45) is 2.09. The zero-order valence-electron chi connectivity index (χ0n) is 12.9. The standard InChI is InChI=1S/C17H23NO3/c1-11-4-6-13(7-5-11)10-12(2)18(3)16(19)14-8-9-15(14)17(20)21/h4-7,12,14-15H,8-10H2,1-3H3,(H,20,21). The summed E-state index contributed by atoms with van der Waals surface area (Å²) in [6.45, 7) is 4.05. The van der Waals surface area contributed by atoms with Crippen LogP contribution in [-0.4, -0.2) is 35.0 Å². The minimum atomic E-state index is -0.848. The number of aliphatic carboxylic acids is 1. The van der Waals surface area contributed by atoms with Crippen molar-refractivity contribution in [2.75, 3.05) is 7.05 Å². The van der Waals surface area contributed by atoms with E-state index in [4.69, 9.17) is 5.11 Å². The Balaban J connectivity index is 1.95. The maximum atomic E-state index is 12.4. The number of hydrogen-bond donors (Lipinski definition) is 1. The van der Waals surface area contributed by atoms with Crippen molar-refractivity contribution < 1.29 is 14.7 Å². The monoisotopic (exact) mass is 289 g/mol. The fourth-order valence-electron chi connectivity index (χ4n) is 2.77. The van der Waals surface area contributed by atoms with Crippen LogP contribution < -0.4 is 0 Å². The summed E-state index contributed by atoms with van der Waals surface area (Å²) in [6, 6.07) is 8.35. The van der Waals surface area contributed by atoms with Gasteiger partial charge in [-0.15, -0.1) is 0 Å². The average molecular weight is 289 g/mol. The Morgan fingerprint density at radius 1 is 1.24 bits per heavy atom. The van der Waals surface area contributed by atoms with Gasteiger partial charge in [0.2, 0.25) is 5.91 Å². The van der Waals surface area contributed by atoms with Crippen LogP contribution in [0.1, 0.15) is 30.9 Å². The zero-order chi connectivity index (χ0) is 15.6. The Morgan fingerprint density at radius 3 is 2.29 bits per heavy atom. The molecule has 0 bridgehead atoms. The normalized spacial score (nSPS) is 22.2. The molecule has 0 saturated heterocycles. The number of carboxylic acid groups (broad SMARTS) is 1. The van der Waals surface area contributed by atoms with E-state index in [1.54, 1.807) is 11.9 Å². The van der Waals surface area contributed by atoms with E-state index in [-0.39, 0.29) is 17.9 Å². The van der Waals surface area contributed by atoms with Crippen molar-refractivity contribution in [2.45, 2.75) is 39.2 Å². The van der Waals surface area contributed by atoms with Crippen molar-refractivity contribution in [3.05, 3.63) is 35.4 Å². The molecule has 1 N–H and O–H groups in total. The molecule has 1 fully saturated rings. The molecule has 3 atom stereocenters.